The van der Waals surface area contributed by atoms with Crippen LogP contribution in [0.15, 0.2) is 22.6 Å². The van der Waals surface area contributed by atoms with Gasteiger partial charge < -0.3 is 14.5 Å². The summed E-state index contributed by atoms with van der Waals surface area (Å²) < 4.78 is 11.7. The molecular formula is C21H28BrNO3. The van der Waals surface area contributed by atoms with Crippen LogP contribution in [0.25, 0.3) is 11.0 Å². The fourth-order valence-corrected chi connectivity index (χ4v) is 4.01. The van der Waals surface area contributed by atoms with E-state index in [-0.39, 0.29) is 5.91 Å². The Bertz CT molecular complexity index is 734. The molecule has 1 N–H and O–H groups in total. The second kappa shape index (κ2) is 9.45. The molecule has 1 amide bonds. The average molecular weight is 422 g/mol. The van der Waals surface area contributed by atoms with Crippen molar-refractivity contribution in [1.82, 2.24) is 5.32 Å². The lowest BCUT2D eigenvalue weighted by atomic mass is 9.87. The topological polar surface area (TPSA) is 51.5 Å². The van der Waals surface area contributed by atoms with Crippen LogP contribution in [0.5, 0.6) is 5.75 Å². The van der Waals surface area contributed by atoms with Crippen LogP contribution in [0.2, 0.25) is 0 Å². The highest BCUT2D eigenvalue weighted by Crippen LogP contribution is 2.33. The van der Waals surface area contributed by atoms with E-state index in [0.29, 0.717) is 24.5 Å². The van der Waals surface area contributed by atoms with Crippen LogP contribution in [0, 0.1) is 12.8 Å². The Hall–Kier alpha value is -1.49. The first-order valence-corrected chi connectivity index (χ1v) is 10.8. The number of rotatable bonds is 8. The van der Waals surface area contributed by atoms with Crippen molar-refractivity contribution in [2.24, 2.45) is 5.92 Å². The summed E-state index contributed by atoms with van der Waals surface area (Å²) in [6.45, 7) is 3.28. The maximum absolute atomic E-state index is 12.6. The van der Waals surface area contributed by atoms with Gasteiger partial charge in [0, 0.05) is 17.4 Å². The van der Waals surface area contributed by atoms with Crippen molar-refractivity contribution in [3.63, 3.8) is 0 Å². The van der Waals surface area contributed by atoms with Crippen LogP contribution < -0.4 is 10.1 Å². The lowest BCUT2D eigenvalue weighted by molar-refractivity contribution is 0.0924. The number of aryl methyl sites for hydroxylation is 1. The van der Waals surface area contributed by atoms with E-state index in [0.717, 1.165) is 40.8 Å². The molecule has 1 fully saturated rings. The van der Waals surface area contributed by atoms with Gasteiger partial charge in [-0.05, 0) is 37.8 Å². The van der Waals surface area contributed by atoms with Crippen LogP contribution in [-0.4, -0.2) is 24.4 Å². The van der Waals surface area contributed by atoms with E-state index in [2.05, 4.69) is 21.2 Å². The molecule has 1 aliphatic rings. The molecule has 26 heavy (non-hydrogen) atoms. The summed E-state index contributed by atoms with van der Waals surface area (Å²) >= 11 is 3.41. The van der Waals surface area contributed by atoms with Gasteiger partial charge in [0.15, 0.2) is 5.76 Å². The smallest absolute Gasteiger partial charge is 0.287 e. The van der Waals surface area contributed by atoms with Gasteiger partial charge in [-0.2, -0.15) is 0 Å². The summed E-state index contributed by atoms with van der Waals surface area (Å²) in [6, 6.07) is 5.72. The van der Waals surface area contributed by atoms with Gasteiger partial charge in [-0.3, -0.25) is 4.79 Å². The zero-order valence-electron chi connectivity index (χ0n) is 15.5. The number of carbonyl (C=O) groups is 1. The number of halogens is 1. The Balaban J connectivity index is 1.66. The highest BCUT2D eigenvalue weighted by Gasteiger charge is 2.20. The van der Waals surface area contributed by atoms with Crippen molar-refractivity contribution in [2.45, 2.75) is 51.9 Å². The van der Waals surface area contributed by atoms with Gasteiger partial charge >= 0.3 is 0 Å². The predicted molar refractivity (Wildman–Crippen MR) is 108 cm³/mol. The van der Waals surface area contributed by atoms with E-state index in [1.165, 1.54) is 32.1 Å². The molecule has 1 heterocycles. The number of ether oxygens (including phenoxy) is 1. The van der Waals surface area contributed by atoms with Crippen molar-refractivity contribution in [1.29, 1.82) is 0 Å². The first-order chi connectivity index (χ1) is 12.7. The Labute approximate surface area is 163 Å². The minimum Gasteiger partial charge on any atom is -0.493 e. The lowest BCUT2D eigenvalue weighted by Crippen LogP contribution is -2.26. The van der Waals surface area contributed by atoms with Gasteiger partial charge in [-0.15, -0.1) is 0 Å². The number of fused-ring (bicyclic) bond motifs is 1. The number of amides is 1. The molecule has 0 radical (unpaired) electrons. The zero-order chi connectivity index (χ0) is 18.4. The summed E-state index contributed by atoms with van der Waals surface area (Å²) in [5.41, 5.74) is 1.56. The first-order valence-electron chi connectivity index (χ1n) is 9.69. The highest BCUT2D eigenvalue weighted by molar-refractivity contribution is 9.09. The predicted octanol–water partition coefficient (Wildman–Crippen LogP) is 5.61. The van der Waals surface area contributed by atoms with E-state index in [1.807, 2.05) is 25.1 Å². The third kappa shape index (κ3) is 4.61. The standard InChI is InChI=1S/C21H28BrNO3/c1-15-19-17(25-14-6-12-22)9-5-10-18(19)26-20(15)21(24)23-13-11-16-7-3-2-4-8-16/h5,9-10,16H,2-4,6-8,11-14H2,1H3,(H,23,24). The molecule has 0 spiro atoms. The third-order valence-electron chi connectivity index (χ3n) is 5.22. The number of carbonyl (C=O) groups excluding carboxylic acids is 1. The summed E-state index contributed by atoms with van der Waals surface area (Å²) in [4.78, 5) is 12.6. The Morgan fingerprint density at radius 1 is 1.31 bits per heavy atom. The van der Waals surface area contributed by atoms with Crippen LogP contribution in [0.1, 0.15) is 61.1 Å². The fourth-order valence-electron chi connectivity index (χ4n) is 3.79. The molecule has 0 saturated heterocycles. The number of hydrogen-bond acceptors (Lipinski definition) is 3. The van der Waals surface area contributed by atoms with Crippen LogP contribution in [0.4, 0.5) is 0 Å². The molecule has 4 nitrogen and oxygen atoms in total. The molecule has 1 aliphatic carbocycles. The molecule has 0 atom stereocenters. The molecule has 1 aromatic heterocycles. The minimum atomic E-state index is -0.124. The van der Waals surface area contributed by atoms with Crippen LogP contribution >= 0.6 is 15.9 Å². The molecule has 0 aliphatic heterocycles. The zero-order valence-corrected chi connectivity index (χ0v) is 17.1. The highest BCUT2D eigenvalue weighted by atomic mass is 79.9. The molecule has 0 unspecified atom stereocenters. The largest absolute Gasteiger partial charge is 0.493 e. The van der Waals surface area contributed by atoms with Gasteiger partial charge in [0.2, 0.25) is 0 Å². The average Bonchev–Trinajstić information content (AvgIpc) is 3.00. The van der Waals surface area contributed by atoms with E-state index >= 15 is 0 Å². The van der Waals surface area contributed by atoms with Crippen LogP contribution in [0.3, 0.4) is 0 Å². The van der Waals surface area contributed by atoms with Gasteiger partial charge in [0.05, 0.1) is 12.0 Å². The monoisotopic (exact) mass is 421 g/mol. The first kappa shape index (κ1) is 19.3. The number of hydrogen-bond donors (Lipinski definition) is 1. The second-order valence-corrected chi connectivity index (χ2v) is 7.92. The number of alkyl halides is 1. The third-order valence-corrected chi connectivity index (χ3v) is 5.78. The molecule has 1 saturated carbocycles. The molecule has 142 valence electrons. The molecule has 2 aromatic rings. The van der Waals surface area contributed by atoms with E-state index in [1.54, 1.807) is 0 Å². The maximum atomic E-state index is 12.6. The van der Waals surface area contributed by atoms with Crippen LogP contribution in [-0.2, 0) is 0 Å². The van der Waals surface area contributed by atoms with Crippen molar-refractivity contribution < 1.29 is 13.9 Å². The number of benzene rings is 1. The number of furan rings is 1. The van der Waals surface area contributed by atoms with E-state index in [9.17, 15) is 4.79 Å². The fraction of sp³-hybridized carbons (Fsp3) is 0.571. The maximum Gasteiger partial charge on any atom is 0.287 e. The van der Waals surface area contributed by atoms with E-state index in [4.69, 9.17) is 9.15 Å². The van der Waals surface area contributed by atoms with Gasteiger partial charge in [0.1, 0.15) is 11.3 Å². The van der Waals surface area contributed by atoms with Gasteiger partial charge in [0.25, 0.3) is 5.91 Å². The quantitative estimate of drug-likeness (QED) is 0.445. The minimum absolute atomic E-state index is 0.124. The summed E-state index contributed by atoms with van der Waals surface area (Å²) in [5.74, 6) is 1.82. The molecular weight excluding hydrogens is 394 g/mol. The van der Waals surface area contributed by atoms with Gasteiger partial charge in [-0.25, -0.2) is 0 Å². The Kier molecular flexibility index (Phi) is 7.00. The van der Waals surface area contributed by atoms with Gasteiger partial charge in [-0.1, -0.05) is 54.1 Å². The second-order valence-electron chi connectivity index (χ2n) is 7.13. The molecule has 0 bridgehead atoms. The number of nitrogens with one attached hydrogen (secondary N) is 1. The summed E-state index contributed by atoms with van der Waals surface area (Å²) in [6.07, 6.45) is 8.62. The van der Waals surface area contributed by atoms with Crippen molar-refractivity contribution in [2.75, 3.05) is 18.5 Å². The van der Waals surface area contributed by atoms with Crippen molar-refractivity contribution >= 4 is 32.8 Å². The molecule has 1 aromatic carbocycles. The van der Waals surface area contributed by atoms with Crippen molar-refractivity contribution in [3.05, 3.63) is 29.5 Å². The Morgan fingerprint density at radius 2 is 2.12 bits per heavy atom. The SMILES string of the molecule is Cc1c(C(=O)NCCC2CCCCC2)oc2cccc(OCCCBr)c12. The molecule has 5 heteroatoms. The van der Waals surface area contributed by atoms with E-state index < -0.39 is 0 Å². The Morgan fingerprint density at radius 3 is 2.88 bits per heavy atom. The summed E-state index contributed by atoms with van der Waals surface area (Å²) in [5, 5.41) is 4.85. The normalized spacial score (nSPS) is 15.3. The van der Waals surface area contributed by atoms with Crippen molar-refractivity contribution in [3.8, 4) is 5.75 Å². The molecule has 3 rings (SSSR count). The summed E-state index contributed by atoms with van der Waals surface area (Å²) in [7, 11) is 0. The lowest BCUT2D eigenvalue weighted by Gasteiger charge is -2.21.